The van der Waals surface area contributed by atoms with E-state index in [-0.39, 0.29) is 18.0 Å². The first-order valence-electron chi connectivity index (χ1n) is 13.8. The first kappa shape index (κ1) is 25.9. The molecule has 0 spiro atoms. The molecule has 37 heavy (non-hydrogen) atoms. The molecule has 4 bridgehead atoms. The number of ether oxygens (including phenoxy) is 2. The average Bonchev–Trinajstić information content (AvgIpc) is 3.27. The average molecular weight is 505 g/mol. The second-order valence-electron chi connectivity index (χ2n) is 11.2. The maximum Gasteiger partial charge on any atom is 0.338 e. The van der Waals surface area contributed by atoms with Crippen LogP contribution in [0.1, 0.15) is 66.8 Å². The highest BCUT2D eigenvalue weighted by atomic mass is 16.6. The Kier molecular flexibility index (Phi) is 7.96. The molecule has 198 valence electrons. The van der Waals surface area contributed by atoms with Crippen LogP contribution >= 0.6 is 0 Å². The summed E-state index contributed by atoms with van der Waals surface area (Å²) in [5.41, 5.74) is 2.07. The van der Waals surface area contributed by atoms with Gasteiger partial charge in [0, 0.05) is 30.6 Å². The van der Waals surface area contributed by atoms with Crippen LogP contribution in [-0.4, -0.2) is 73.2 Å². The monoisotopic (exact) mass is 504 g/mol. The van der Waals surface area contributed by atoms with Gasteiger partial charge < -0.3 is 14.4 Å². The van der Waals surface area contributed by atoms with Crippen molar-refractivity contribution in [1.29, 1.82) is 0 Å². The van der Waals surface area contributed by atoms with E-state index in [0.29, 0.717) is 18.0 Å². The summed E-state index contributed by atoms with van der Waals surface area (Å²) in [5.74, 6) is -0.243. The molecule has 6 heteroatoms. The Balaban J connectivity index is 0.000000162. The number of carbonyl (C=O) groups excluding carboxylic acids is 2. The van der Waals surface area contributed by atoms with Crippen LogP contribution in [0.25, 0.3) is 0 Å². The third-order valence-corrected chi connectivity index (χ3v) is 9.32. The molecule has 2 aromatic carbocycles. The fourth-order valence-corrected chi connectivity index (χ4v) is 7.18. The third kappa shape index (κ3) is 5.46. The van der Waals surface area contributed by atoms with Crippen molar-refractivity contribution >= 4 is 11.9 Å². The van der Waals surface area contributed by atoms with Gasteiger partial charge in [0.25, 0.3) is 0 Å². The Morgan fingerprint density at radius 2 is 1.32 bits per heavy atom. The first-order chi connectivity index (χ1) is 18.0. The van der Waals surface area contributed by atoms with Gasteiger partial charge in [-0.2, -0.15) is 0 Å². The van der Waals surface area contributed by atoms with Gasteiger partial charge in [0.1, 0.15) is 12.0 Å². The standard InChI is InChI=1S/C17H21NO4.C14H19N/c1-18-12-8-9-13(18)15(17(20)21-2)14(10-12)22-16(19)11-6-4-3-5-7-11;1-15-13-7-8-14(15)10-12(9-13)11-5-3-2-4-6-11/h3-7,12-15H,8-10H2,1-2H3;2-6,12-14H,7-10H2,1H3/t12-,13+,14-,15+;12?,13-,14+/m0./s1. The Morgan fingerprint density at radius 3 is 1.95 bits per heavy atom. The Bertz CT molecular complexity index is 1050. The van der Waals surface area contributed by atoms with E-state index in [4.69, 9.17) is 9.47 Å². The van der Waals surface area contributed by atoms with Crippen LogP contribution in [0.2, 0.25) is 0 Å². The summed E-state index contributed by atoms with van der Waals surface area (Å²) < 4.78 is 10.6. The minimum Gasteiger partial charge on any atom is -0.469 e. The van der Waals surface area contributed by atoms with Crippen LogP contribution in [0.3, 0.4) is 0 Å². The zero-order valence-electron chi connectivity index (χ0n) is 22.3. The Morgan fingerprint density at radius 1 is 0.757 bits per heavy atom. The van der Waals surface area contributed by atoms with Crippen LogP contribution in [-0.2, 0) is 14.3 Å². The number of rotatable bonds is 4. The summed E-state index contributed by atoms with van der Waals surface area (Å²) in [5, 5.41) is 0. The number of piperidine rings is 2. The molecular weight excluding hydrogens is 464 g/mol. The summed E-state index contributed by atoms with van der Waals surface area (Å²) in [6.07, 6.45) is 7.84. The second kappa shape index (κ2) is 11.4. The SMILES string of the molecule is CN1[C@@H]2CC[C@H]1CC(c1ccccc1)C2.COC(=O)[C@H]1[C@@H](OC(=O)c2ccccc2)C[C@@H]2CC[C@H]1N2C. The Hall–Kier alpha value is -2.70. The van der Waals surface area contributed by atoms with Gasteiger partial charge in [0.2, 0.25) is 0 Å². The number of hydrogen-bond acceptors (Lipinski definition) is 6. The lowest BCUT2D eigenvalue weighted by atomic mass is 9.85. The van der Waals surface area contributed by atoms with E-state index in [9.17, 15) is 9.59 Å². The summed E-state index contributed by atoms with van der Waals surface area (Å²) in [4.78, 5) is 29.3. The molecule has 0 N–H and O–H groups in total. The largest absolute Gasteiger partial charge is 0.469 e. The fourth-order valence-electron chi connectivity index (χ4n) is 7.18. The van der Waals surface area contributed by atoms with E-state index in [1.165, 1.54) is 32.8 Å². The quantitative estimate of drug-likeness (QED) is 0.553. The number of carbonyl (C=O) groups is 2. The maximum atomic E-state index is 12.3. The summed E-state index contributed by atoms with van der Waals surface area (Å²) in [7, 11) is 5.73. The minimum atomic E-state index is -0.408. The third-order valence-electron chi connectivity index (χ3n) is 9.32. The smallest absolute Gasteiger partial charge is 0.338 e. The zero-order valence-corrected chi connectivity index (χ0v) is 22.3. The summed E-state index contributed by atoms with van der Waals surface area (Å²) in [6.45, 7) is 0. The van der Waals surface area contributed by atoms with E-state index < -0.39 is 12.0 Å². The highest BCUT2D eigenvalue weighted by molar-refractivity contribution is 5.89. The predicted octanol–water partition coefficient (Wildman–Crippen LogP) is 4.89. The van der Waals surface area contributed by atoms with Crippen molar-refractivity contribution < 1.29 is 19.1 Å². The molecule has 1 unspecified atom stereocenters. The second-order valence-corrected chi connectivity index (χ2v) is 11.2. The van der Waals surface area contributed by atoms with E-state index >= 15 is 0 Å². The van der Waals surface area contributed by atoms with Gasteiger partial charge in [-0.25, -0.2) is 4.79 Å². The van der Waals surface area contributed by atoms with Gasteiger partial charge in [-0.3, -0.25) is 9.69 Å². The summed E-state index contributed by atoms with van der Waals surface area (Å²) >= 11 is 0. The molecular formula is C31H40N2O4. The van der Waals surface area contributed by atoms with E-state index in [1.54, 1.807) is 29.8 Å². The van der Waals surface area contributed by atoms with Gasteiger partial charge >= 0.3 is 11.9 Å². The van der Waals surface area contributed by atoms with E-state index in [2.05, 4.69) is 47.2 Å². The first-order valence-corrected chi connectivity index (χ1v) is 13.8. The molecule has 0 aliphatic carbocycles. The lowest BCUT2D eigenvalue weighted by Crippen LogP contribution is -2.53. The molecule has 0 saturated carbocycles. The maximum absolute atomic E-state index is 12.3. The number of nitrogens with zero attached hydrogens (tertiary/aromatic N) is 2. The number of hydrogen-bond donors (Lipinski definition) is 0. The summed E-state index contributed by atoms with van der Waals surface area (Å²) in [6, 6.07) is 22.1. The number of benzene rings is 2. The Labute approximate surface area is 220 Å². The van der Waals surface area contributed by atoms with E-state index in [0.717, 1.165) is 30.8 Å². The molecule has 0 aromatic heterocycles. The molecule has 4 aliphatic rings. The number of fused-ring (bicyclic) bond motifs is 4. The number of methoxy groups -OCH3 is 1. The topological polar surface area (TPSA) is 59.1 Å². The van der Waals surface area contributed by atoms with Crippen molar-refractivity contribution in [2.45, 2.75) is 81.1 Å². The van der Waals surface area contributed by atoms with Crippen molar-refractivity contribution in [1.82, 2.24) is 9.80 Å². The van der Waals surface area contributed by atoms with Crippen molar-refractivity contribution in [3.63, 3.8) is 0 Å². The highest BCUT2D eigenvalue weighted by Gasteiger charge is 2.51. The fraction of sp³-hybridized carbons (Fsp3) is 0.548. The normalized spacial score (nSPS) is 32.8. The van der Waals surface area contributed by atoms with Crippen LogP contribution < -0.4 is 0 Å². The lowest BCUT2D eigenvalue weighted by Gasteiger charge is -2.40. The van der Waals surface area contributed by atoms with Crippen molar-refractivity contribution in [3.05, 3.63) is 71.8 Å². The van der Waals surface area contributed by atoms with Crippen LogP contribution in [0, 0.1) is 5.92 Å². The van der Waals surface area contributed by atoms with Gasteiger partial charge in [-0.1, -0.05) is 48.5 Å². The van der Waals surface area contributed by atoms with Gasteiger partial charge in [-0.05, 0) is 76.2 Å². The van der Waals surface area contributed by atoms with Crippen LogP contribution in [0.15, 0.2) is 60.7 Å². The molecule has 0 radical (unpaired) electrons. The molecule has 6 rings (SSSR count). The van der Waals surface area contributed by atoms with E-state index in [1.807, 2.05) is 13.1 Å². The molecule has 4 saturated heterocycles. The molecule has 2 aromatic rings. The van der Waals surface area contributed by atoms with Gasteiger partial charge in [0.05, 0.1) is 12.7 Å². The minimum absolute atomic E-state index is 0.0970. The predicted molar refractivity (Wildman–Crippen MR) is 143 cm³/mol. The number of esters is 2. The van der Waals surface area contributed by atoms with Gasteiger partial charge in [0.15, 0.2) is 0 Å². The molecule has 0 amide bonds. The highest BCUT2D eigenvalue weighted by Crippen LogP contribution is 2.42. The molecule has 6 nitrogen and oxygen atoms in total. The van der Waals surface area contributed by atoms with Crippen molar-refractivity contribution in [2.24, 2.45) is 5.92 Å². The zero-order chi connectivity index (χ0) is 25.9. The van der Waals surface area contributed by atoms with Crippen molar-refractivity contribution in [2.75, 3.05) is 21.2 Å². The molecule has 4 aliphatic heterocycles. The van der Waals surface area contributed by atoms with Gasteiger partial charge in [-0.15, -0.1) is 0 Å². The van der Waals surface area contributed by atoms with Crippen LogP contribution in [0.4, 0.5) is 0 Å². The molecule has 4 heterocycles. The van der Waals surface area contributed by atoms with Crippen LogP contribution in [0.5, 0.6) is 0 Å². The molecule has 4 fully saturated rings. The molecule has 7 atom stereocenters. The lowest BCUT2D eigenvalue weighted by molar-refractivity contribution is -0.156. The van der Waals surface area contributed by atoms with Crippen molar-refractivity contribution in [3.8, 4) is 0 Å².